The third-order valence-corrected chi connectivity index (χ3v) is 4.04. The van der Waals surface area contributed by atoms with Gasteiger partial charge in [-0.3, -0.25) is 4.90 Å². The fourth-order valence-corrected chi connectivity index (χ4v) is 2.75. The fraction of sp³-hybridized carbons (Fsp3) is 0.471. The van der Waals surface area contributed by atoms with E-state index in [0.717, 1.165) is 50.8 Å². The molecule has 0 saturated carbocycles. The van der Waals surface area contributed by atoms with Gasteiger partial charge in [-0.1, -0.05) is 12.1 Å². The number of hydrogen-bond acceptors (Lipinski definition) is 4. The molecular weight excluding hydrogens is 295 g/mol. The molecule has 1 aliphatic rings. The molecule has 3 rings (SSSR count). The summed E-state index contributed by atoms with van der Waals surface area (Å²) in [4.78, 5) is 6.79. The van der Waals surface area contributed by atoms with Crippen molar-refractivity contribution in [2.24, 2.45) is 0 Å². The molecule has 6 heteroatoms. The maximum Gasteiger partial charge on any atom is 0.123 e. The minimum absolute atomic E-state index is 0.201. The zero-order valence-electron chi connectivity index (χ0n) is 13.2. The van der Waals surface area contributed by atoms with Crippen LogP contribution >= 0.6 is 0 Å². The number of aromatic nitrogens is 2. The normalized spacial score (nSPS) is 15.9. The molecule has 124 valence electrons. The van der Waals surface area contributed by atoms with Crippen molar-refractivity contribution in [3.05, 3.63) is 53.9 Å². The van der Waals surface area contributed by atoms with Gasteiger partial charge in [0.25, 0.3) is 0 Å². The van der Waals surface area contributed by atoms with Crippen LogP contribution < -0.4 is 5.32 Å². The zero-order chi connectivity index (χ0) is 15.9. The Morgan fingerprint density at radius 3 is 2.96 bits per heavy atom. The van der Waals surface area contributed by atoms with E-state index in [9.17, 15) is 4.39 Å². The van der Waals surface area contributed by atoms with Gasteiger partial charge in [0, 0.05) is 45.1 Å². The second kappa shape index (κ2) is 8.19. The molecule has 0 atom stereocenters. The smallest absolute Gasteiger partial charge is 0.123 e. The number of benzene rings is 1. The number of nitrogens with one attached hydrogen (secondary N) is 1. The summed E-state index contributed by atoms with van der Waals surface area (Å²) in [5.41, 5.74) is 0.942. The first-order chi connectivity index (χ1) is 11.3. The number of imidazole rings is 1. The summed E-state index contributed by atoms with van der Waals surface area (Å²) in [6, 6.07) is 6.70. The monoisotopic (exact) mass is 318 g/mol. The molecule has 1 saturated heterocycles. The minimum Gasteiger partial charge on any atom is -0.379 e. The lowest BCUT2D eigenvalue weighted by atomic mass is 10.2. The molecule has 23 heavy (non-hydrogen) atoms. The molecule has 2 heterocycles. The third-order valence-electron chi connectivity index (χ3n) is 4.04. The van der Waals surface area contributed by atoms with Crippen LogP contribution in [0.1, 0.15) is 11.4 Å². The molecule has 1 fully saturated rings. The quantitative estimate of drug-likeness (QED) is 0.786. The van der Waals surface area contributed by atoms with Crippen LogP contribution in [0.5, 0.6) is 0 Å². The van der Waals surface area contributed by atoms with Crippen molar-refractivity contribution in [1.29, 1.82) is 0 Å². The number of ether oxygens (including phenoxy) is 1. The van der Waals surface area contributed by atoms with Gasteiger partial charge in [-0.05, 0) is 17.7 Å². The van der Waals surface area contributed by atoms with Gasteiger partial charge in [0.15, 0.2) is 0 Å². The maximum atomic E-state index is 13.3. The van der Waals surface area contributed by atoms with Crippen molar-refractivity contribution in [3.63, 3.8) is 0 Å². The van der Waals surface area contributed by atoms with Gasteiger partial charge in [-0.15, -0.1) is 0 Å². The first-order valence-electron chi connectivity index (χ1n) is 8.06. The van der Waals surface area contributed by atoms with E-state index in [1.165, 1.54) is 6.07 Å². The highest BCUT2D eigenvalue weighted by Crippen LogP contribution is 2.08. The molecule has 0 spiro atoms. The summed E-state index contributed by atoms with van der Waals surface area (Å²) in [5.74, 6) is 0.768. The highest BCUT2D eigenvalue weighted by Gasteiger charge is 2.09. The van der Waals surface area contributed by atoms with Crippen molar-refractivity contribution in [2.75, 3.05) is 39.4 Å². The van der Waals surface area contributed by atoms with Gasteiger partial charge >= 0.3 is 0 Å². The van der Waals surface area contributed by atoms with Crippen LogP contribution in [-0.4, -0.2) is 53.8 Å². The molecule has 0 radical (unpaired) electrons. The number of rotatable bonds is 7. The van der Waals surface area contributed by atoms with Crippen molar-refractivity contribution in [2.45, 2.75) is 13.1 Å². The molecule has 0 aliphatic carbocycles. The molecular formula is C17H23FN4O. The third kappa shape index (κ3) is 4.86. The largest absolute Gasteiger partial charge is 0.379 e. The Bertz CT molecular complexity index is 610. The Morgan fingerprint density at radius 1 is 1.26 bits per heavy atom. The van der Waals surface area contributed by atoms with Gasteiger partial charge in [0.1, 0.15) is 11.6 Å². The van der Waals surface area contributed by atoms with Crippen molar-refractivity contribution < 1.29 is 9.13 Å². The van der Waals surface area contributed by atoms with Crippen molar-refractivity contribution in [3.8, 4) is 0 Å². The Morgan fingerprint density at radius 2 is 2.13 bits per heavy atom. The summed E-state index contributed by atoms with van der Waals surface area (Å²) in [6.45, 7) is 6.98. The highest BCUT2D eigenvalue weighted by atomic mass is 19.1. The predicted molar refractivity (Wildman–Crippen MR) is 86.7 cm³/mol. The maximum absolute atomic E-state index is 13.3. The van der Waals surface area contributed by atoms with Gasteiger partial charge in [-0.25, -0.2) is 9.37 Å². The minimum atomic E-state index is -0.201. The molecule has 1 aliphatic heterocycles. The molecule has 1 N–H and O–H groups in total. The van der Waals surface area contributed by atoms with E-state index in [1.54, 1.807) is 18.3 Å². The standard InChI is InChI=1S/C17H23FN4O/c18-16-3-1-2-15(12-16)14-22-7-5-20-17(22)13-19-4-6-21-8-10-23-11-9-21/h1-3,5,7,12,19H,4,6,8-11,13-14H2. The van der Waals surface area contributed by atoms with Crippen LogP contribution in [0.2, 0.25) is 0 Å². The molecule has 0 bridgehead atoms. The van der Waals surface area contributed by atoms with Gasteiger partial charge in [0.2, 0.25) is 0 Å². The van der Waals surface area contributed by atoms with Crippen LogP contribution in [0.3, 0.4) is 0 Å². The molecule has 1 aromatic heterocycles. The lowest BCUT2D eigenvalue weighted by Crippen LogP contribution is -2.40. The number of morpholine rings is 1. The SMILES string of the molecule is Fc1cccc(Cn2ccnc2CNCCN2CCOCC2)c1. The molecule has 1 aromatic carbocycles. The molecule has 2 aromatic rings. The summed E-state index contributed by atoms with van der Waals surface area (Å²) in [5, 5.41) is 3.43. The van der Waals surface area contributed by atoms with Crippen LogP contribution in [0.15, 0.2) is 36.7 Å². The lowest BCUT2D eigenvalue weighted by molar-refractivity contribution is 0.0384. The van der Waals surface area contributed by atoms with Crippen LogP contribution in [-0.2, 0) is 17.8 Å². The molecule has 5 nitrogen and oxygen atoms in total. The van der Waals surface area contributed by atoms with E-state index in [-0.39, 0.29) is 5.82 Å². The van der Waals surface area contributed by atoms with Gasteiger partial charge < -0.3 is 14.6 Å². The van der Waals surface area contributed by atoms with E-state index in [1.807, 2.05) is 12.3 Å². The Balaban J connectivity index is 1.46. The Kier molecular flexibility index (Phi) is 5.74. The van der Waals surface area contributed by atoms with Crippen LogP contribution in [0.25, 0.3) is 0 Å². The molecule has 0 amide bonds. The average molecular weight is 318 g/mol. The first-order valence-corrected chi connectivity index (χ1v) is 8.06. The second-order valence-electron chi connectivity index (χ2n) is 5.73. The van der Waals surface area contributed by atoms with Crippen molar-refractivity contribution in [1.82, 2.24) is 19.8 Å². The zero-order valence-corrected chi connectivity index (χ0v) is 13.2. The number of halogens is 1. The van der Waals surface area contributed by atoms with Gasteiger partial charge in [0.05, 0.1) is 19.8 Å². The number of nitrogens with zero attached hydrogens (tertiary/aromatic N) is 3. The van der Waals surface area contributed by atoms with Crippen LogP contribution in [0.4, 0.5) is 4.39 Å². The van der Waals surface area contributed by atoms with E-state index in [2.05, 4.69) is 19.8 Å². The Labute approximate surface area is 136 Å². The van der Waals surface area contributed by atoms with E-state index in [0.29, 0.717) is 13.1 Å². The summed E-state index contributed by atoms with van der Waals surface area (Å²) >= 11 is 0. The highest BCUT2D eigenvalue weighted by molar-refractivity contribution is 5.17. The summed E-state index contributed by atoms with van der Waals surface area (Å²) in [6.07, 6.45) is 3.72. The van der Waals surface area contributed by atoms with E-state index >= 15 is 0 Å². The average Bonchev–Trinajstić information content (AvgIpc) is 3.00. The van der Waals surface area contributed by atoms with Crippen molar-refractivity contribution >= 4 is 0 Å². The summed E-state index contributed by atoms with van der Waals surface area (Å²) in [7, 11) is 0. The predicted octanol–water partition coefficient (Wildman–Crippen LogP) is 1.49. The first kappa shape index (κ1) is 16.1. The topological polar surface area (TPSA) is 42.3 Å². The fourth-order valence-electron chi connectivity index (χ4n) is 2.75. The number of hydrogen-bond donors (Lipinski definition) is 1. The second-order valence-corrected chi connectivity index (χ2v) is 5.73. The molecule has 0 unspecified atom stereocenters. The van der Waals surface area contributed by atoms with Crippen LogP contribution in [0, 0.1) is 5.82 Å². The lowest BCUT2D eigenvalue weighted by Gasteiger charge is -2.26. The Hall–Kier alpha value is -1.76. The van der Waals surface area contributed by atoms with Gasteiger partial charge in [-0.2, -0.15) is 0 Å². The van der Waals surface area contributed by atoms with E-state index in [4.69, 9.17) is 4.74 Å². The summed E-state index contributed by atoms with van der Waals surface area (Å²) < 4.78 is 20.7. The van der Waals surface area contributed by atoms with E-state index < -0.39 is 0 Å².